The summed E-state index contributed by atoms with van der Waals surface area (Å²) >= 11 is 0. The van der Waals surface area contributed by atoms with Gasteiger partial charge >= 0.3 is 0 Å². The van der Waals surface area contributed by atoms with E-state index >= 15 is 0 Å². The van der Waals surface area contributed by atoms with Gasteiger partial charge in [0.15, 0.2) is 5.78 Å². The average Bonchev–Trinajstić information content (AvgIpc) is 2.39. The minimum Gasteiger partial charge on any atom is -0.294 e. The lowest BCUT2D eigenvalue weighted by molar-refractivity contribution is 0.0988. The lowest BCUT2D eigenvalue weighted by Gasteiger charge is -2.02. The van der Waals surface area contributed by atoms with E-state index in [1.807, 2.05) is 39.0 Å². The van der Waals surface area contributed by atoms with Gasteiger partial charge in [0, 0.05) is 12.0 Å². The Kier molecular flexibility index (Phi) is 4.89. The maximum absolute atomic E-state index is 11.5. The number of ketones is 1. The van der Waals surface area contributed by atoms with Gasteiger partial charge in [0.2, 0.25) is 0 Å². The fourth-order valence-corrected chi connectivity index (χ4v) is 1.74. The van der Waals surface area contributed by atoms with Crippen LogP contribution in [0.15, 0.2) is 36.4 Å². The van der Waals surface area contributed by atoms with Crippen LogP contribution in [0.1, 0.15) is 43.1 Å². The number of carbonyl (C=O) groups is 1. The van der Waals surface area contributed by atoms with Gasteiger partial charge in [0.1, 0.15) is 0 Å². The van der Waals surface area contributed by atoms with Crippen LogP contribution >= 0.6 is 0 Å². The third-order valence-electron chi connectivity index (χ3n) is 2.64. The molecule has 0 aromatic heterocycles. The summed E-state index contributed by atoms with van der Waals surface area (Å²) in [6.45, 7) is 7.96. The highest BCUT2D eigenvalue weighted by atomic mass is 16.1. The van der Waals surface area contributed by atoms with Crippen molar-refractivity contribution >= 4 is 16.6 Å². The largest absolute Gasteiger partial charge is 0.294 e. The standard InChI is InChI=1S/C14H14O.C2H6/c1-3-14(15)13-7-6-11-8-10(2)4-5-12(11)9-13;1-2/h4-9H,3H2,1-2H3;1-2H3. The van der Waals surface area contributed by atoms with Gasteiger partial charge < -0.3 is 0 Å². The van der Waals surface area contributed by atoms with Gasteiger partial charge in [-0.1, -0.05) is 56.7 Å². The Morgan fingerprint density at radius 2 is 1.59 bits per heavy atom. The van der Waals surface area contributed by atoms with Crippen LogP contribution in [-0.2, 0) is 0 Å². The van der Waals surface area contributed by atoms with Crippen molar-refractivity contribution in [3.05, 3.63) is 47.5 Å². The van der Waals surface area contributed by atoms with E-state index in [0.717, 1.165) is 10.9 Å². The number of hydrogen-bond donors (Lipinski definition) is 0. The van der Waals surface area contributed by atoms with E-state index < -0.39 is 0 Å². The molecule has 0 spiro atoms. The summed E-state index contributed by atoms with van der Waals surface area (Å²) in [6.07, 6.45) is 0.567. The molecule has 2 rings (SSSR count). The zero-order valence-electron chi connectivity index (χ0n) is 11.1. The highest BCUT2D eigenvalue weighted by Crippen LogP contribution is 2.18. The molecule has 1 nitrogen and oxygen atoms in total. The second-order valence-corrected chi connectivity index (χ2v) is 3.84. The molecule has 0 heterocycles. The van der Waals surface area contributed by atoms with Gasteiger partial charge in [0.05, 0.1) is 0 Å². The highest BCUT2D eigenvalue weighted by Gasteiger charge is 2.03. The van der Waals surface area contributed by atoms with Crippen LogP contribution < -0.4 is 0 Å². The number of fused-ring (bicyclic) bond motifs is 1. The SMILES string of the molecule is CC.CCC(=O)c1ccc2cc(C)ccc2c1. The molecule has 0 radical (unpaired) electrons. The third-order valence-corrected chi connectivity index (χ3v) is 2.64. The zero-order chi connectivity index (χ0) is 12.8. The van der Waals surface area contributed by atoms with Gasteiger partial charge in [-0.15, -0.1) is 0 Å². The second-order valence-electron chi connectivity index (χ2n) is 3.84. The molecule has 0 saturated heterocycles. The summed E-state index contributed by atoms with van der Waals surface area (Å²) in [7, 11) is 0. The van der Waals surface area contributed by atoms with Crippen LogP contribution in [0.2, 0.25) is 0 Å². The fourth-order valence-electron chi connectivity index (χ4n) is 1.74. The van der Waals surface area contributed by atoms with E-state index in [-0.39, 0.29) is 5.78 Å². The molecular formula is C16H20O. The van der Waals surface area contributed by atoms with E-state index in [1.165, 1.54) is 10.9 Å². The van der Waals surface area contributed by atoms with Gasteiger partial charge in [-0.2, -0.15) is 0 Å². The van der Waals surface area contributed by atoms with E-state index in [0.29, 0.717) is 6.42 Å². The summed E-state index contributed by atoms with van der Waals surface area (Å²) in [5, 5.41) is 2.34. The summed E-state index contributed by atoms with van der Waals surface area (Å²) in [5.41, 5.74) is 2.06. The predicted octanol–water partition coefficient (Wildman–Crippen LogP) is 4.77. The first kappa shape index (κ1) is 13.4. The molecule has 2 aromatic carbocycles. The van der Waals surface area contributed by atoms with Crippen molar-refractivity contribution in [3.8, 4) is 0 Å². The average molecular weight is 228 g/mol. The molecular weight excluding hydrogens is 208 g/mol. The Hall–Kier alpha value is -1.63. The lowest BCUT2D eigenvalue weighted by atomic mass is 10.0. The molecule has 0 N–H and O–H groups in total. The highest BCUT2D eigenvalue weighted by molar-refractivity contribution is 5.99. The van der Waals surface area contributed by atoms with Crippen molar-refractivity contribution in [3.63, 3.8) is 0 Å². The Balaban J connectivity index is 0.000000686. The smallest absolute Gasteiger partial charge is 0.162 e. The summed E-state index contributed by atoms with van der Waals surface area (Å²) in [6, 6.07) is 12.2. The molecule has 0 bridgehead atoms. The van der Waals surface area contributed by atoms with Crippen LogP contribution in [0.3, 0.4) is 0 Å². The monoisotopic (exact) mass is 228 g/mol. The summed E-state index contributed by atoms with van der Waals surface area (Å²) in [4.78, 5) is 11.5. The topological polar surface area (TPSA) is 17.1 Å². The predicted molar refractivity (Wildman–Crippen MR) is 74.7 cm³/mol. The minimum atomic E-state index is 0.206. The first-order valence-corrected chi connectivity index (χ1v) is 6.24. The number of benzene rings is 2. The summed E-state index contributed by atoms with van der Waals surface area (Å²) in [5.74, 6) is 0.206. The van der Waals surface area contributed by atoms with Gasteiger partial charge in [-0.05, 0) is 23.8 Å². The second kappa shape index (κ2) is 6.19. The molecule has 2 aromatic rings. The molecule has 17 heavy (non-hydrogen) atoms. The number of Topliss-reactive ketones (excluding diaryl/α,β-unsaturated/α-hetero) is 1. The Labute approximate surface area is 103 Å². The molecule has 0 atom stereocenters. The van der Waals surface area contributed by atoms with E-state index in [2.05, 4.69) is 25.1 Å². The Bertz CT molecular complexity index is 512. The number of carbonyl (C=O) groups excluding carboxylic acids is 1. The van der Waals surface area contributed by atoms with E-state index in [4.69, 9.17) is 0 Å². The van der Waals surface area contributed by atoms with Crippen molar-refractivity contribution in [1.29, 1.82) is 0 Å². The Morgan fingerprint density at radius 1 is 1.00 bits per heavy atom. The maximum atomic E-state index is 11.5. The molecule has 0 fully saturated rings. The number of aryl methyl sites for hydroxylation is 1. The van der Waals surface area contributed by atoms with Crippen LogP contribution in [-0.4, -0.2) is 5.78 Å². The normalized spacial score (nSPS) is 9.65. The quantitative estimate of drug-likeness (QED) is 0.677. The van der Waals surface area contributed by atoms with Crippen LogP contribution in [0.5, 0.6) is 0 Å². The van der Waals surface area contributed by atoms with Crippen molar-refractivity contribution in [2.45, 2.75) is 34.1 Å². The van der Waals surface area contributed by atoms with Crippen molar-refractivity contribution in [2.24, 2.45) is 0 Å². The van der Waals surface area contributed by atoms with E-state index in [1.54, 1.807) is 0 Å². The molecule has 0 unspecified atom stereocenters. The molecule has 0 saturated carbocycles. The molecule has 0 aliphatic carbocycles. The number of hydrogen-bond acceptors (Lipinski definition) is 1. The lowest BCUT2D eigenvalue weighted by Crippen LogP contribution is -1.95. The number of rotatable bonds is 2. The van der Waals surface area contributed by atoms with E-state index in [9.17, 15) is 4.79 Å². The molecule has 1 heteroatoms. The third kappa shape index (κ3) is 3.16. The van der Waals surface area contributed by atoms with Gasteiger partial charge in [-0.3, -0.25) is 4.79 Å². The minimum absolute atomic E-state index is 0.206. The van der Waals surface area contributed by atoms with Gasteiger partial charge in [-0.25, -0.2) is 0 Å². The van der Waals surface area contributed by atoms with Crippen molar-refractivity contribution in [2.75, 3.05) is 0 Å². The van der Waals surface area contributed by atoms with Gasteiger partial charge in [0.25, 0.3) is 0 Å². The molecule has 0 aliphatic heterocycles. The fraction of sp³-hybridized carbons (Fsp3) is 0.312. The molecule has 0 aliphatic rings. The van der Waals surface area contributed by atoms with Crippen molar-refractivity contribution in [1.82, 2.24) is 0 Å². The van der Waals surface area contributed by atoms with Crippen LogP contribution in [0.25, 0.3) is 10.8 Å². The van der Waals surface area contributed by atoms with Crippen molar-refractivity contribution < 1.29 is 4.79 Å². The first-order chi connectivity index (χ1) is 8.20. The zero-order valence-corrected chi connectivity index (χ0v) is 11.1. The van der Waals surface area contributed by atoms with Crippen LogP contribution in [0.4, 0.5) is 0 Å². The molecule has 90 valence electrons. The maximum Gasteiger partial charge on any atom is 0.162 e. The first-order valence-electron chi connectivity index (χ1n) is 6.24. The molecule has 0 amide bonds. The summed E-state index contributed by atoms with van der Waals surface area (Å²) < 4.78 is 0. The van der Waals surface area contributed by atoms with Crippen LogP contribution in [0, 0.1) is 6.92 Å². The Morgan fingerprint density at radius 3 is 2.24 bits per heavy atom.